The quantitative estimate of drug-likeness (QED) is 0.425. The summed E-state index contributed by atoms with van der Waals surface area (Å²) in [7, 11) is 0. The minimum absolute atomic E-state index is 0.0766. The molecule has 9 heteroatoms. The summed E-state index contributed by atoms with van der Waals surface area (Å²) in [5, 5.41) is 10.3. The van der Waals surface area contributed by atoms with Gasteiger partial charge in [-0.2, -0.15) is 10.2 Å². The normalized spacial score (nSPS) is 13.3. The second-order valence-corrected chi connectivity index (χ2v) is 9.21. The molecule has 1 aliphatic carbocycles. The number of nitrogens with zero attached hydrogens (tertiary/aromatic N) is 5. The Morgan fingerprint density at radius 2 is 1.91 bits per heavy atom. The molecule has 3 aromatic heterocycles. The number of H-pyrrole nitrogens is 1. The van der Waals surface area contributed by atoms with Gasteiger partial charge in [-0.1, -0.05) is 0 Å². The van der Waals surface area contributed by atoms with Gasteiger partial charge in [0.15, 0.2) is 5.82 Å². The number of nitrogens with one attached hydrogen (secondary N) is 1. The zero-order valence-electron chi connectivity index (χ0n) is 20.0. The van der Waals surface area contributed by atoms with Crippen LogP contribution in [0.5, 0.6) is 0 Å². The summed E-state index contributed by atoms with van der Waals surface area (Å²) in [6.07, 6.45) is 4.37. The van der Waals surface area contributed by atoms with Gasteiger partial charge in [-0.3, -0.25) is 4.79 Å². The molecule has 1 fully saturated rings. The van der Waals surface area contributed by atoms with Crippen molar-refractivity contribution in [3.63, 3.8) is 0 Å². The molecular weight excluding hydrogens is 445 g/mol. The number of hydrogen-bond acceptors (Lipinski definition) is 5. The monoisotopic (exact) mass is 473 g/mol. The van der Waals surface area contributed by atoms with E-state index < -0.39 is 0 Å². The maximum atomic E-state index is 13.6. The number of fused-ring (bicyclic) bond motifs is 1. The van der Waals surface area contributed by atoms with Gasteiger partial charge in [0, 0.05) is 47.4 Å². The van der Waals surface area contributed by atoms with Crippen molar-refractivity contribution >= 4 is 22.6 Å². The highest BCUT2D eigenvalue weighted by Gasteiger charge is 2.24. The van der Waals surface area contributed by atoms with Crippen LogP contribution in [0.15, 0.2) is 42.6 Å². The Hall–Kier alpha value is -4.01. The van der Waals surface area contributed by atoms with Gasteiger partial charge in [0.2, 0.25) is 0 Å². The smallest absolute Gasteiger partial charge is 0.157 e. The summed E-state index contributed by atoms with van der Waals surface area (Å²) >= 11 is 0. The molecule has 0 aliphatic heterocycles. The molecule has 0 saturated heterocycles. The number of hydrogen-bond donors (Lipinski definition) is 2. The summed E-state index contributed by atoms with van der Waals surface area (Å²) < 4.78 is 17.2. The molecule has 0 radical (unpaired) electrons. The molecule has 0 spiro atoms. The van der Waals surface area contributed by atoms with Crippen LogP contribution in [0.2, 0.25) is 0 Å². The van der Waals surface area contributed by atoms with Gasteiger partial charge in [-0.15, -0.1) is 0 Å². The van der Waals surface area contributed by atoms with E-state index in [-0.39, 0.29) is 11.6 Å². The number of Topliss-reactive ketones (excluding diaryl/α,β-unsaturated/α-hetero) is 1. The summed E-state index contributed by atoms with van der Waals surface area (Å²) in [6, 6.07) is 9.91. The lowest BCUT2D eigenvalue weighted by Crippen LogP contribution is -2.04. The minimum atomic E-state index is -0.296. The molecule has 0 amide bonds. The highest BCUT2D eigenvalue weighted by atomic mass is 19.1. The van der Waals surface area contributed by atoms with Crippen LogP contribution in [0, 0.1) is 25.6 Å². The number of halogens is 1. The standard InChI is InChI=1S/C26H28FN7O/c1-15(35)12-22-16(2)31-34(17(22)3)24-13-23(28)30-26-21(10-11-29-24)25(19-6-8-20(27)9-7-19)32-33(26)14-18-4-5-18/h6-11,13,18,30H,4-5,12,14,28H2,1-3H3. The van der Waals surface area contributed by atoms with Gasteiger partial charge in [-0.05, 0) is 69.9 Å². The van der Waals surface area contributed by atoms with E-state index >= 15 is 0 Å². The van der Waals surface area contributed by atoms with Gasteiger partial charge in [0.1, 0.15) is 28.8 Å². The second-order valence-electron chi connectivity index (χ2n) is 9.21. The molecule has 0 bridgehead atoms. The number of rotatable bonds is 6. The third-order valence-corrected chi connectivity index (χ3v) is 6.31. The van der Waals surface area contributed by atoms with Crippen LogP contribution < -0.4 is 5.73 Å². The largest absolute Gasteiger partial charge is 0.385 e. The summed E-state index contributed by atoms with van der Waals surface area (Å²) in [5.74, 6) is 1.28. The Labute approximate surface area is 202 Å². The maximum Gasteiger partial charge on any atom is 0.157 e. The van der Waals surface area contributed by atoms with E-state index in [1.54, 1.807) is 36.0 Å². The molecule has 8 nitrogen and oxygen atoms in total. The fourth-order valence-electron chi connectivity index (χ4n) is 4.32. The maximum absolute atomic E-state index is 13.6. The van der Waals surface area contributed by atoms with Gasteiger partial charge in [-0.25, -0.2) is 18.7 Å². The first-order valence-electron chi connectivity index (χ1n) is 11.7. The zero-order chi connectivity index (χ0) is 24.7. The first kappa shape index (κ1) is 22.8. The third-order valence-electron chi connectivity index (χ3n) is 6.31. The molecule has 180 valence electrons. The number of carbonyl (C=O) groups excluding carboxylic acids is 1. The number of anilines is 1. The molecule has 4 aromatic rings. The number of aryl methyl sites for hydroxylation is 1. The Balaban J connectivity index is 1.70. The molecular formula is C26H28FN7O. The lowest BCUT2D eigenvalue weighted by molar-refractivity contribution is -0.116. The van der Waals surface area contributed by atoms with Crippen LogP contribution in [0.25, 0.3) is 28.1 Å². The fourth-order valence-corrected chi connectivity index (χ4v) is 4.32. The Bertz CT molecular complexity index is 1470. The van der Waals surface area contributed by atoms with Crippen LogP contribution in [-0.2, 0) is 17.8 Å². The van der Waals surface area contributed by atoms with Gasteiger partial charge >= 0.3 is 0 Å². The SMILES string of the molecule is CC(=O)Cc1c(C)nn(-c2cc(N)[nH]c3c(ccn2)c(-c2ccc(F)cc2)nn3CC2CC2)c1C. The number of ketones is 1. The second kappa shape index (κ2) is 8.98. The number of carbonyl (C=O) groups is 1. The Morgan fingerprint density at radius 1 is 1.17 bits per heavy atom. The van der Waals surface area contributed by atoms with Crippen molar-refractivity contribution in [3.05, 3.63) is 65.4 Å². The lowest BCUT2D eigenvalue weighted by atomic mass is 10.1. The number of aromatic nitrogens is 6. The molecule has 0 unspecified atom stereocenters. The van der Waals surface area contributed by atoms with Crippen molar-refractivity contribution < 1.29 is 9.18 Å². The number of nitrogen functional groups attached to an aromatic ring is 1. The van der Waals surface area contributed by atoms with E-state index in [4.69, 9.17) is 10.8 Å². The van der Waals surface area contributed by atoms with Crippen molar-refractivity contribution in [3.8, 4) is 17.1 Å². The summed E-state index contributed by atoms with van der Waals surface area (Å²) in [4.78, 5) is 19.7. The van der Waals surface area contributed by atoms with E-state index in [1.807, 2.05) is 24.6 Å². The molecule has 5 rings (SSSR count). The van der Waals surface area contributed by atoms with Gasteiger partial charge < -0.3 is 10.7 Å². The summed E-state index contributed by atoms with van der Waals surface area (Å²) in [6.45, 7) is 6.15. The molecule has 1 saturated carbocycles. The van der Waals surface area contributed by atoms with E-state index in [1.165, 1.54) is 25.0 Å². The van der Waals surface area contributed by atoms with Gasteiger partial charge in [0.05, 0.1) is 5.69 Å². The van der Waals surface area contributed by atoms with Crippen molar-refractivity contribution in [1.82, 2.24) is 29.5 Å². The van der Waals surface area contributed by atoms with Crippen molar-refractivity contribution in [2.45, 2.75) is 46.6 Å². The average molecular weight is 474 g/mol. The van der Waals surface area contributed by atoms with Gasteiger partial charge in [0.25, 0.3) is 0 Å². The van der Waals surface area contributed by atoms with Crippen LogP contribution in [-0.4, -0.2) is 35.3 Å². The lowest BCUT2D eigenvalue weighted by Gasteiger charge is -2.03. The average Bonchev–Trinajstić information content (AvgIpc) is 3.50. The van der Waals surface area contributed by atoms with Crippen molar-refractivity contribution in [1.29, 1.82) is 0 Å². The van der Waals surface area contributed by atoms with Crippen molar-refractivity contribution in [2.75, 3.05) is 5.73 Å². The first-order chi connectivity index (χ1) is 16.8. The predicted molar refractivity (Wildman–Crippen MR) is 133 cm³/mol. The molecule has 1 aliphatic rings. The van der Waals surface area contributed by atoms with Crippen LogP contribution in [0.3, 0.4) is 0 Å². The number of aromatic amines is 1. The third kappa shape index (κ3) is 4.66. The number of nitrogens with two attached hydrogens (primary N) is 1. The molecule has 1 aromatic carbocycles. The number of benzene rings is 1. The first-order valence-corrected chi connectivity index (χ1v) is 11.7. The van der Waals surface area contributed by atoms with Crippen LogP contribution in [0.1, 0.15) is 36.7 Å². The molecule has 3 N–H and O–H groups in total. The molecule has 3 heterocycles. The van der Waals surface area contributed by atoms with Crippen LogP contribution >= 0.6 is 0 Å². The van der Waals surface area contributed by atoms with E-state index in [2.05, 4.69) is 15.1 Å². The highest BCUT2D eigenvalue weighted by Crippen LogP contribution is 2.33. The van der Waals surface area contributed by atoms with E-state index in [0.717, 1.165) is 45.8 Å². The zero-order valence-corrected chi connectivity index (χ0v) is 20.0. The Morgan fingerprint density at radius 3 is 2.60 bits per heavy atom. The predicted octanol–water partition coefficient (Wildman–Crippen LogP) is 4.62. The van der Waals surface area contributed by atoms with Crippen molar-refractivity contribution in [2.24, 2.45) is 5.92 Å². The van der Waals surface area contributed by atoms with Crippen LogP contribution in [0.4, 0.5) is 10.2 Å². The topological polar surface area (TPSA) is 107 Å². The Kier molecular flexibility index (Phi) is 5.84. The molecule has 0 atom stereocenters. The highest BCUT2D eigenvalue weighted by molar-refractivity contribution is 5.91. The molecule has 35 heavy (non-hydrogen) atoms. The fraction of sp³-hybridized carbons (Fsp3) is 0.308. The minimum Gasteiger partial charge on any atom is -0.385 e. The van der Waals surface area contributed by atoms with E-state index in [9.17, 15) is 9.18 Å². The van der Waals surface area contributed by atoms with E-state index in [0.29, 0.717) is 24.0 Å². The summed E-state index contributed by atoms with van der Waals surface area (Å²) in [5.41, 5.74) is 11.3.